The Kier molecular flexibility index (Phi) is 2.93. The van der Waals surface area contributed by atoms with Crippen LogP contribution in [0, 0.1) is 0 Å². The Hall–Kier alpha value is -1.75. The maximum atomic E-state index is 5.82. The van der Waals surface area contributed by atoms with Crippen LogP contribution in [0.4, 0.5) is 11.7 Å². The molecule has 0 spiro atoms. The highest BCUT2D eigenvalue weighted by molar-refractivity contribution is 5.86. The third-order valence-corrected chi connectivity index (χ3v) is 2.40. The van der Waals surface area contributed by atoms with Gasteiger partial charge in [0.05, 0.1) is 17.8 Å². The Morgan fingerprint density at radius 3 is 2.88 bits per heavy atom. The molecule has 0 aliphatic carbocycles. The summed E-state index contributed by atoms with van der Waals surface area (Å²) in [5.74, 6) is 0. The molecule has 0 amide bonds. The molecule has 0 unspecified atom stereocenters. The molecule has 2 aromatic rings. The van der Waals surface area contributed by atoms with Crippen LogP contribution in [-0.4, -0.2) is 24.2 Å². The summed E-state index contributed by atoms with van der Waals surface area (Å²) in [4.78, 5) is 4.32. The van der Waals surface area contributed by atoms with E-state index in [-0.39, 0.29) is 5.54 Å². The van der Waals surface area contributed by atoms with Gasteiger partial charge in [0, 0.05) is 7.11 Å². The summed E-state index contributed by atoms with van der Waals surface area (Å²) in [6, 6.07) is 5.94. The number of aromatic nitrogens is 1. The van der Waals surface area contributed by atoms with Gasteiger partial charge in [-0.1, -0.05) is 6.07 Å². The average Bonchev–Trinajstić information content (AvgIpc) is 2.60. The van der Waals surface area contributed by atoms with Gasteiger partial charge in [0.25, 0.3) is 6.01 Å². The number of anilines is 2. The van der Waals surface area contributed by atoms with Crippen LogP contribution in [0.1, 0.15) is 13.8 Å². The van der Waals surface area contributed by atoms with Gasteiger partial charge in [-0.05, 0) is 26.0 Å². The van der Waals surface area contributed by atoms with Crippen LogP contribution >= 0.6 is 0 Å². The first-order valence-corrected chi connectivity index (χ1v) is 5.44. The summed E-state index contributed by atoms with van der Waals surface area (Å²) < 4.78 is 10.7. The summed E-state index contributed by atoms with van der Waals surface area (Å²) in [6.07, 6.45) is 0. The van der Waals surface area contributed by atoms with Gasteiger partial charge in [0.15, 0.2) is 5.58 Å². The van der Waals surface area contributed by atoms with E-state index in [9.17, 15) is 0 Å². The molecule has 5 nitrogen and oxygen atoms in total. The van der Waals surface area contributed by atoms with Crippen LogP contribution in [0.2, 0.25) is 0 Å². The minimum Gasteiger partial charge on any atom is -0.423 e. The lowest BCUT2D eigenvalue weighted by molar-refractivity contribution is 0.157. The largest absolute Gasteiger partial charge is 0.423 e. The van der Waals surface area contributed by atoms with Gasteiger partial charge in [-0.2, -0.15) is 4.98 Å². The Morgan fingerprint density at radius 1 is 1.47 bits per heavy atom. The lowest BCUT2D eigenvalue weighted by Crippen LogP contribution is -2.35. The predicted molar refractivity (Wildman–Crippen MR) is 68.0 cm³/mol. The second-order valence-electron chi connectivity index (χ2n) is 4.65. The second kappa shape index (κ2) is 4.25. The Labute approximate surface area is 100.0 Å². The summed E-state index contributed by atoms with van der Waals surface area (Å²) in [5, 5.41) is 3.18. The van der Waals surface area contributed by atoms with Gasteiger partial charge >= 0.3 is 0 Å². The number of nitrogens with one attached hydrogen (secondary N) is 1. The number of nitrogen functional groups attached to an aromatic ring is 1. The number of nitrogens with two attached hydrogens (primary N) is 1. The topological polar surface area (TPSA) is 73.3 Å². The SMILES string of the molecule is COCC(C)(C)Nc1nc2c(N)cccc2o1. The van der Waals surface area contributed by atoms with Crippen molar-refractivity contribution in [1.82, 2.24) is 4.98 Å². The van der Waals surface area contributed by atoms with E-state index in [1.807, 2.05) is 26.0 Å². The Balaban J connectivity index is 2.28. The van der Waals surface area contributed by atoms with Gasteiger partial charge in [0.1, 0.15) is 5.52 Å². The van der Waals surface area contributed by atoms with Crippen molar-refractivity contribution in [2.45, 2.75) is 19.4 Å². The van der Waals surface area contributed by atoms with Gasteiger partial charge in [0.2, 0.25) is 0 Å². The molecule has 0 saturated carbocycles. The van der Waals surface area contributed by atoms with Gasteiger partial charge in [-0.15, -0.1) is 0 Å². The van der Waals surface area contributed by atoms with Crippen LogP contribution in [0.15, 0.2) is 22.6 Å². The fourth-order valence-electron chi connectivity index (χ4n) is 1.71. The van der Waals surface area contributed by atoms with Gasteiger partial charge in [-0.3, -0.25) is 0 Å². The number of nitrogens with zero attached hydrogens (tertiary/aromatic N) is 1. The van der Waals surface area contributed by atoms with E-state index in [0.29, 0.717) is 29.4 Å². The van der Waals surface area contributed by atoms with Crippen molar-refractivity contribution in [2.75, 3.05) is 24.8 Å². The van der Waals surface area contributed by atoms with Crippen LogP contribution in [0.3, 0.4) is 0 Å². The molecule has 3 N–H and O–H groups in total. The van der Waals surface area contributed by atoms with Crippen molar-refractivity contribution < 1.29 is 9.15 Å². The fraction of sp³-hybridized carbons (Fsp3) is 0.417. The molecule has 0 fully saturated rings. The third-order valence-electron chi connectivity index (χ3n) is 2.40. The van der Waals surface area contributed by atoms with E-state index in [1.54, 1.807) is 13.2 Å². The lowest BCUT2D eigenvalue weighted by Gasteiger charge is -2.23. The molecule has 1 aromatic heterocycles. The van der Waals surface area contributed by atoms with E-state index in [4.69, 9.17) is 14.9 Å². The number of benzene rings is 1. The molecular weight excluding hydrogens is 218 g/mol. The standard InChI is InChI=1S/C12H17N3O2/c1-12(2,7-16-3)15-11-14-10-8(13)5-4-6-9(10)17-11/h4-6H,7,13H2,1-3H3,(H,14,15). The minimum absolute atomic E-state index is 0.246. The number of methoxy groups -OCH3 is 1. The molecule has 0 bridgehead atoms. The van der Waals surface area contributed by atoms with Crippen molar-refractivity contribution in [2.24, 2.45) is 0 Å². The van der Waals surface area contributed by atoms with E-state index in [1.165, 1.54) is 0 Å². The molecule has 5 heteroatoms. The maximum absolute atomic E-state index is 5.82. The van der Waals surface area contributed by atoms with Gasteiger partial charge in [-0.25, -0.2) is 0 Å². The minimum atomic E-state index is -0.246. The number of para-hydroxylation sites is 1. The molecule has 2 rings (SSSR count). The molecule has 17 heavy (non-hydrogen) atoms. The predicted octanol–water partition coefficient (Wildman–Crippen LogP) is 2.25. The number of ether oxygens (including phenoxy) is 1. The van der Waals surface area contributed by atoms with E-state index >= 15 is 0 Å². The fourth-order valence-corrected chi connectivity index (χ4v) is 1.71. The first kappa shape index (κ1) is 11.7. The molecule has 0 aliphatic heterocycles. The zero-order valence-electron chi connectivity index (χ0n) is 10.3. The highest BCUT2D eigenvalue weighted by atomic mass is 16.5. The normalized spacial score (nSPS) is 11.9. The van der Waals surface area contributed by atoms with Crippen molar-refractivity contribution in [3.05, 3.63) is 18.2 Å². The summed E-state index contributed by atoms with van der Waals surface area (Å²) in [5.41, 5.74) is 7.55. The van der Waals surface area contributed by atoms with Crippen LogP contribution in [-0.2, 0) is 4.74 Å². The molecule has 0 saturated heterocycles. The number of fused-ring (bicyclic) bond motifs is 1. The average molecular weight is 235 g/mol. The van der Waals surface area contributed by atoms with Crippen molar-refractivity contribution in [3.8, 4) is 0 Å². The molecule has 0 atom stereocenters. The summed E-state index contributed by atoms with van der Waals surface area (Å²) in [7, 11) is 1.66. The quantitative estimate of drug-likeness (QED) is 0.795. The number of hydrogen-bond acceptors (Lipinski definition) is 5. The molecule has 1 heterocycles. The van der Waals surface area contributed by atoms with Crippen LogP contribution in [0.25, 0.3) is 11.1 Å². The van der Waals surface area contributed by atoms with Crippen molar-refractivity contribution >= 4 is 22.8 Å². The van der Waals surface area contributed by atoms with Crippen molar-refractivity contribution in [3.63, 3.8) is 0 Å². The lowest BCUT2D eigenvalue weighted by atomic mass is 10.1. The van der Waals surface area contributed by atoms with Crippen LogP contribution in [0.5, 0.6) is 0 Å². The van der Waals surface area contributed by atoms with Gasteiger partial charge < -0.3 is 20.2 Å². The van der Waals surface area contributed by atoms with E-state index < -0.39 is 0 Å². The zero-order valence-corrected chi connectivity index (χ0v) is 10.3. The van der Waals surface area contributed by atoms with Crippen molar-refractivity contribution in [1.29, 1.82) is 0 Å². The zero-order chi connectivity index (χ0) is 12.5. The molecule has 0 radical (unpaired) electrons. The summed E-state index contributed by atoms with van der Waals surface area (Å²) >= 11 is 0. The number of rotatable bonds is 4. The highest BCUT2D eigenvalue weighted by Gasteiger charge is 2.20. The number of hydrogen-bond donors (Lipinski definition) is 2. The Bertz CT molecular complexity index is 519. The molecule has 1 aromatic carbocycles. The first-order chi connectivity index (χ1) is 8.02. The molecule has 92 valence electrons. The summed E-state index contributed by atoms with van der Waals surface area (Å²) in [6.45, 7) is 4.57. The number of oxazole rings is 1. The monoisotopic (exact) mass is 235 g/mol. The smallest absolute Gasteiger partial charge is 0.296 e. The Morgan fingerprint density at radius 2 is 2.24 bits per heavy atom. The van der Waals surface area contributed by atoms with E-state index in [0.717, 1.165) is 0 Å². The highest BCUT2D eigenvalue weighted by Crippen LogP contribution is 2.25. The first-order valence-electron chi connectivity index (χ1n) is 5.44. The second-order valence-corrected chi connectivity index (χ2v) is 4.65. The molecule has 0 aliphatic rings. The van der Waals surface area contributed by atoms with Crippen LogP contribution < -0.4 is 11.1 Å². The molecular formula is C12H17N3O2. The maximum Gasteiger partial charge on any atom is 0.296 e. The third kappa shape index (κ3) is 2.50. The van der Waals surface area contributed by atoms with E-state index in [2.05, 4.69) is 10.3 Å².